The molecule has 0 spiro atoms. The van der Waals surface area contributed by atoms with Gasteiger partial charge in [0.15, 0.2) is 0 Å². The SMILES string of the molecule is O=C(Cn1cc(C(F)(F)F)ccc1=O)N[C@H](c1ccc(F)cc1)c1cccs1. The van der Waals surface area contributed by atoms with E-state index in [9.17, 15) is 27.2 Å². The van der Waals surface area contributed by atoms with Gasteiger partial charge in [-0.05, 0) is 35.2 Å². The molecule has 4 nitrogen and oxygen atoms in total. The van der Waals surface area contributed by atoms with Crippen LogP contribution >= 0.6 is 11.3 Å². The maximum Gasteiger partial charge on any atom is 0.417 e. The number of carbonyl (C=O) groups is 1. The zero-order chi connectivity index (χ0) is 20.3. The first-order valence-electron chi connectivity index (χ1n) is 8.10. The van der Waals surface area contributed by atoms with Crippen LogP contribution in [0.1, 0.15) is 22.0 Å². The van der Waals surface area contributed by atoms with E-state index in [1.54, 1.807) is 17.5 Å². The van der Waals surface area contributed by atoms with E-state index in [0.717, 1.165) is 10.9 Å². The van der Waals surface area contributed by atoms with Gasteiger partial charge >= 0.3 is 6.18 Å². The van der Waals surface area contributed by atoms with Crippen molar-refractivity contribution in [1.29, 1.82) is 0 Å². The number of amides is 1. The number of thiophene rings is 1. The second-order valence-corrected chi connectivity index (χ2v) is 6.93. The molecule has 2 heterocycles. The van der Waals surface area contributed by atoms with Crippen molar-refractivity contribution in [2.75, 3.05) is 0 Å². The third-order valence-corrected chi connectivity index (χ3v) is 4.90. The quantitative estimate of drug-likeness (QED) is 0.647. The van der Waals surface area contributed by atoms with Gasteiger partial charge in [-0.1, -0.05) is 18.2 Å². The second kappa shape index (κ2) is 7.97. The van der Waals surface area contributed by atoms with Gasteiger partial charge in [-0.2, -0.15) is 13.2 Å². The summed E-state index contributed by atoms with van der Waals surface area (Å²) in [5.74, 6) is -1.08. The molecular weight excluding hydrogens is 396 g/mol. The number of pyridine rings is 1. The number of hydrogen-bond donors (Lipinski definition) is 1. The van der Waals surface area contributed by atoms with Gasteiger partial charge in [0.05, 0.1) is 11.6 Å². The first kappa shape index (κ1) is 19.8. The van der Waals surface area contributed by atoms with Crippen LogP contribution in [0.25, 0.3) is 0 Å². The molecule has 2 aromatic heterocycles. The maximum atomic E-state index is 13.2. The van der Waals surface area contributed by atoms with Crippen LogP contribution in [0.4, 0.5) is 17.6 Å². The number of carbonyl (C=O) groups excluding carboxylic acids is 1. The van der Waals surface area contributed by atoms with Gasteiger partial charge in [0.2, 0.25) is 5.91 Å². The lowest BCUT2D eigenvalue weighted by Gasteiger charge is -2.19. The Kier molecular flexibility index (Phi) is 5.64. The van der Waals surface area contributed by atoms with Gasteiger partial charge in [0, 0.05) is 17.1 Å². The van der Waals surface area contributed by atoms with Crippen LogP contribution in [-0.2, 0) is 17.5 Å². The minimum absolute atomic E-state index is 0.435. The Bertz CT molecular complexity index is 1010. The molecule has 0 aliphatic rings. The Morgan fingerprint density at radius 1 is 1.11 bits per heavy atom. The summed E-state index contributed by atoms with van der Waals surface area (Å²) in [5, 5.41) is 4.50. The predicted octanol–water partition coefficient (Wildman–Crippen LogP) is 3.97. The highest BCUT2D eigenvalue weighted by molar-refractivity contribution is 7.10. The Labute approximate surface area is 161 Å². The second-order valence-electron chi connectivity index (χ2n) is 5.95. The van der Waals surface area contributed by atoms with Gasteiger partial charge in [0.1, 0.15) is 12.4 Å². The lowest BCUT2D eigenvalue weighted by Crippen LogP contribution is -2.35. The predicted molar refractivity (Wildman–Crippen MR) is 96.4 cm³/mol. The molecular formula is C19H14F4N2O2S. The molecule has 0 aliphatic carbocycles. The Balaban J connectivity index is 1.84. The van der Waals surface area contributed by atoms with Crippen molar-refractivity contribution >= 4 is 17.2 Å². The number of hydrogen-bond acceptors (Lipinski definition) is 3. The third kappa shape index (κ3) is 4.66. The highest BCUT2D eigenvalue weighted by atomic mass is 32.1. The van der Waals surface area contributed by atoms with E-state index in [-0.39, 0.29) is 0 Å². The van der Waals surface area contributed by atoms with Crippen LogP contribution in [0.3, 0.4) is 0 Å². The van der Waals surface area contributed by atoms with Crippen molar-refractivity contribution in [1.82, 2.24) is 9.88 Å². The standard InChI is InChI=1S/C19H14F4N2O2S/c20-14-6-3-12(4-7-14)18(15-2-1-9-28-15)24-16(26)11-25-10-13(19(21,22)23)5-8-17(25)27/h1-10,18H,11H2,(H,24,26)/t18-/m1/s1. The molecule has 9 heteroatoms. The highest BCUT2D eigenvalue weighted by Crippen LogP contribution is 2.28. The average molecular weight is 410 g/mol. The van der Waals surface area contributed by atoms with Crippen LogP contribution in [0.5, 0.6) is 0 Å². The maximum absolute atomic E-state index is 13.2. The average Bonchev–Trinajstić information content (AvgIpc) is 3.16. The molecule has 0 aliphatic heterocycles. The molecule has 28 heavy (non-hydrogen) atoms. The Hall–Kier alpha value is -2.94. The molecule has 0 bridgehead atoms. The van der Waals surface area contributed by atoms with Crippen molar-refractivity contribution in [3.05, 3.63) is 92.3 Å². The lowest BCUT2D eigenvalue weighted by atomic mass is 10.1. The first-order valence-corrected chi connectivity index (χ1v) is 8.98. The van der Waals surface area contributed by atoms with Crippen LogP contribution in [-0.4, -0.2) is 10.5 Å². The number of aromatic nitrogens is 1. The fourth-order valence-corrected chi connectivity index (χ4v) is 3.42. The summed E-state index contributed by atoms with van der Waals surface area (Å²) in [6.45, 7) is -0.578. The third-order valence-electron chi connectivity index (χ3n) is 3.96. The largest absolute Gasteiger partial charge is 0.417 e. The summed E-state index contributed by atoms with van der Waals surface area (Å²) in [4.78, 5) is 25.0. The van der Waals surface area contributed by atoms with E-state index in [1.165, 1.54) is 35.6 Å². The fourth-order valence-electron chi connectivity index (χ4n) is 2.61. The van der Waals surface area contributed by atoms with E-state index >= 15 is 0 Å². The van der Waals surface area contributed by atoms with Crippen LogP contribution < -0.4 is 10.9 Å². The van der Waals surface area contributed by atoms with Crippen LogP contribution in [0, 0.1) is 5.82 Å². The van der Waals surface area contributed by atoms with E-state index in [2.05, 4.69) is 5.32 Å². The molecule has 0 fully saturated rings. The number of alkyl halides is 3. The summed E-state index contributed by atoms with van der Waals surface area (Å²) in [5.41, 5.74) is -1.14. The molecule has 0 unspecified atom stereocenters. The van der Waals surface area contributed by atoms with Gasteiger partial charge in [-0.15, -0.1) is 11.3 Å². The van der Waals surface area contributed by atoms with E-state index in [4.69, 9.17) is 0 Å². The van der Waals surface area contributed by atoms with Crippen LogP contribution in [0.2, 0.25) is 0 Å². The zero-order valence-corrected chi connectivity index (χ0v) is 15.1. The smallest absolute Gasteiger partial charge is 0.343 e. The van der Waals surface area contributed by atoms with E-state index < -0.39 is 41.6 Å². The first-order chi connectivity index (χ1) is 13.2. The minimum atomic E-state index is -4.63. The summed E-state index contributed by atoms with van der Waals surface area (Å²) in [7, 11) is 0. The van der Waals surface area contributed by atoms with Crippen molar-refractivity contribution in [2.24, 2.45) is 0 Å². The molecule has 1 amide bonds. The van der Waals surface area contributed by atoms with Gasteiger partial charge in [-0.3, -0.25) is 9.59 Å². The van der Waals surface area contributed by atoms with Crippen molar-refractivity contribution in [3.8, 4) is 0 Å². The lowest BCUT2D eigenvalue weighted by molar-refractivity contribution is -0.138. The Morgan fingerprint density at radius 3 is 2.43 bits per heavy atom. The minimum Gasteiger partial charge on any atom is -0.343 e. The summed E-state index contributed by atoms with van der Waals surface area (Å²) in [6.07, 6.45) is -4.01. The normalized spacial score (nSPS) is 12.6. The molecule has 146 valence electrons. The number of nitrogens with zero attached hydrogens (tertiary/aromatic N) is 1. The monoisotopic (exact) mass is 410 g/mol. The fraction of sp³-hybridized carbons (Fsp3) is 0.158. The van der Waals surface area contributed by atoms with Gasteiger partial charge < -0.3 is 9.88 Å². The number of halogens is 4. The number of benzene rings is 1. The molecule has 3 aromatic rings. The van der Waals surface area contributed by atoms with E-state index in [0.29, 0.717) is 22.4 Å². The van der Waals surface area contributed by atoms with Gasteiger partial charge in [0.25, 0.3) is 5.56 Å². The van der Waals surface area contributed by atoms with Gasteiger partial charge in [-0.25, -0.2) is 4.39 Å². The van der Waals surface area contributed by atoms with Crippen molar-refractivity contribution < 1.29 is 22.4 Å². The zero-order valence-electron chi connectivity index (χ0n) is 14.2. The molecule has 0 saturated carbocycles. The summed E-state index contributed by atoms with van der Waals surface area (Å²) >= 11 is 1.36. The summed E-state index contributed by atoms with van der Waals surface area (Å²) < 4.78 is 52.4. The number of nitrogens with one attached hydrogen (secondary N) is 1. The molecule has 1 aromatic carbocycles. The summed E-state index contributed by atoms with van der Waals surface area (Å²) in [6, 6.07) is 9.90. The van der Waals surface area contributed by atoms with E-state index in [1.807, 2.05) is 0 Å². The Morgan fingerprint density at radius 2 is 1.82 bits per heavy atom. The highest BCUT2D eigenvalue weighted by Gasteiger charge is 2.31. The topological polar surface area (TPSA) is 51.1 Å². The molecule has 3 rings (SSSR count). The van der Waals surface area contributed by atoms with Crippen LogP contribution in [0.15, 0.2) is 64.9 Å². The molecule has 0 radical (unpaired) electrons. The molecule has 1 N–H and O–H groups in total. The molecule has 0 saturated heterocycles. The molecule has 1 atom stereocenters. The van der Waals surface area contributed by atoms with Crippen molar-refractivity contribution in [2.45, 2.75) is 18.8 Å². The number of rotatable bonds is 5. The van der Waals surface area contributed by atoms with Crippen molar-refractivity contribution in [3.63, 3.8) is 0 Å².